The minimum Gasteiger partial charge on any atom is -0.293 e. The number of Topliss-reactive ketones (excluding diaryl/α,β-unsaturated/α-hetero) is 1. The zero-order valence-electron chi connectivity index (χ0n) is 7.48. The molecule has 0 fully saturated rings. The maximum Gasteiger partial charge on any atom is 0.176 e. The van der Waals surface area contributed by atoms with Gasteiger partial charge in [0.15, 0.2) is 5.78 Å². The highest BCUT2D eigenvalue weighted by Crippen LogP contribution is 2.17. The van der Waals surface area contributed by atoms with Crippen molar-refractivity contribution in [1.29, 1.82) is 0 Å². The molecule has 0 aliphatic heterocycles. The lowest BCUT2D eigenvalue weighted by Crippen LogP contribution is -2.10. The fourth-order valence-corrected chi connectivity index (χ4v) is 1.45. The van der Waals surface area contributed by atoms with Crippen molar-refractivity contribution in [3.05, 3.63) is 60.0 Å². The van der Waals surface area contributed by atoms with Crippen LogP contribution >= 0.6 is 0 Å². The molecule has 2 heteroatoms. The molecule has 1 nitrogen and oxygen atoms in total. The Labute approximate surface area is 81.6 Å². The Bertz CT molecular complexity index is 406. The van der Waals surface area contributed by atoms with Crippen molar-refractivity contribution in [3.63, 3.8) is 0 Å². The van der Waals surface area contributed by atoms with Gasteiger partial charge in [0.05, 0.1) is 11.5 Å². The van der Waals surface area contributed by atoms with Gasteiger partial charge in [0.2, 0.25) is 0 Å². The Morgan fingerprint density at radius 2 is 1.79 bits per heavy atom. The summed E-state index contributed by atoms with van der Waals surface area (Å²) in [6.07, 6.45) is 7.11. The van der Waals surface area contributed by atoms with E-state index >= 15 is 0 Å². The average Bonchev–Trinajstić information content (AvgIpc) is 2.70. The van der Waals surface area contributed by atoms with Crippen LogP contribution in [0.5, 0.6) is 0 Å². The third-order valence-electron chi connectivity index (χ3n) is 2.19. The van der Waals surface area contributed by atoms with E-state index in [0.717, 1.165) is 0 Å². The number of hydrogen-bond acceptors (Lipinski definition) is 1. The van der Waals surface area contributed by atoms with Crippen molar-refractivity contribution in [2.45, 2.75) is 0 Å². The van der Waals surface area contributed by atoms with E-state index in [-0.39, 0.29) is 17.3 Å². The van der Waals surface area contributed by atoms with E-state index in [2.05, 4.69) is 0 Å². The van der Waals surface area contributed by atoms with Crippen LogP contribution in [0.3, 0.4) is 0 Å². The molecule has 0 saturated heterocycles. The minimum absolute atomic E-state index is 0.161. The molecule has 1 aromatic rings. The number of rotatable bonds is 2. The molecule has 0 radical (unpaired) electrons. The quantitative estimate of drug-likeness (QED) is 0.652. The van der Waals surface area contributed by atoms with Gasteiger partial charge in [-0.3, -0.25) is 4.79 Å². The van der Waals surface area contributed by atoms with Crippen molar-refractivity contribution < 1.29 is 9.18 Å². The summed E-state index contributed by atoms with van der Waals surface area (Å²) in [5.74, 6) is -0.939. The summed E-state index contributed by atoms with van der Waals surface area (Å²) in [4.78, 5) is 11.7. The molecule has 1 aliphatic rings. The molecular weight excluding hydrogens is 179 g/mol. The van der Waals surface area contributed by atoms with Gasteiger partial charge in [-0.05, 0) is 12.1 Å². The monoisotopic (exact) mass is 188 g/mol. The van der Waals surface area contributed by atoms with Gasteiger partial charge in [-0.25, -0.2) is 4.39 Å². The summed E-state index contributed by atoms with van der Waals surface area (Å²) >= 11 is 0. The highest BCUT2D eigenvalue weighted by atomic mass is 19.1. The van der Waals surface area contributed by atoms with Gasteiger partial charge in [-0.15, -0.1) is 0 Å². The Morgan fingerprint density at radius 1 is 1.14 bits per heavy atom. The normalized spacial score (nSPS) is 14.9. The summed E-state index contributed by atoms with van der Waals surface area (Å²) in [7, 11) is 0. The maximum absolute atomic E-state index is 13.2. The van der Waals surface area contributed by atoms with Gasteiger partial charge < -0.3 is 0 Å². The smallest absolute Gasteiger partial charge is 0.176 e. The number of halogens is 1. The molecule has 0 atom stereocenters. The molecule has 2 rings (SSSR count). The fraction of sp³-hybridized carbons (Fsp3) is 0.0833. The second-order valence-corrected chi connectivity index (χ2v) is 3.14. The highest BCUT2D eigenvalue weighted by molar-refractivity contribution is 6.00. The van der Waals surface area contributed by atoms with E-state index in [1.807, 2.05) is 0 Å². The van der Waals surface area contributed by atoms with Crippen LogP contribution in [0.1, 0.15) is 10.4 Å². The first-order valence-corrected chi connectivity index (χ1v) is 4.43. The van der Waals surface area contributed by atoms with Gasteiger partial charge in [-0.2, -0.15) is 0 Å². The first kappa shape index (κ1) is 8.88. The lowest BCUT2D eigenvalue weighted by molar-refractivity contribution is 0.0962. The number of carbonyl (C=O) groups excluding carboxylic acids is 1. The molecule has 1 aliphatic carbocycles. The predicted molar refractivity (Wildman–Crippen MR) is 52.5 cm³/mol. The summed E-state index contributed by atoms with van der Waals surface area (Å²) in [6, 6.07) is 6.05. The van der Waals surface area contributed by atoms with Crippen molar-refractivity contribution in [3.8, 4) is 0 Å². The van der Waals surface area contributed by atoms with Gasteiger partial charge in [0.1, 0.15) is 5.82 Å². The number of carbonyl (C=O) groups is 1. The van der Waals surface area contributed by atoms with Crippen molar-refractivity contribution >= 4 is 5.78 Å². The van der Waals surface area contributed by atoms with E-state index in [1.54, 1.807) is 36.4 Å². The number of allylic oxidation sites excluding steroid dienone is 4. The molecule has 0 amide bonds. The Balaban J connectivity index is 2.31. The lowest BCUT2D eigenvalue weighted by atomic mass is 9.99. The molecule has 70 valence electrons. The van der Waals surface area contributed by atoms with Crippen LogP contribution in [0.25, 0.3) is 0 Å². The van der Waals surface area contributed by atoms with Crippen LogP contribution < -0.4 is 0 Å². The Morgan fingerprint density at radius 3 is 2.43 bits per heavy atom. The molecule has 0 spiro atoms. The van der Waals surface area contributed by atoms with Crippen molar-refractivity contribution in [2.24, 2.45) is 5.92 Å². The summed E-state index contributed by atoms with van der Waals surface area (Å²) in [5, 5.41) is 0. The predicted octanol–water partition coefficient (Wildman–Crippen LogP) is 2.75. The van der Waals surface area contributed by atoms with Crippen LogP contribution in [0, 0.1) is 11.7 Å². The first-order valence-electron chi connectivity index (χ1n) is 4.43. The molecule has 0 heterocycles. The average molecular weight is 188 g/mol. The summed E-state index contributed by atoms with van der Waals surface area (Å²) < 4.78 is 13.2. The molecule has 0 bridgehead atoms. The Kier molecular flexibility index (Phi) is 2.27. The van der Waals surface area contributed by atoms with Gasteiger partial charge in [0, 0.05) is 0 Å². The molecule has 0 unspecified atom stereocenters. The van der Waals surface area contributed by atoms with Crippen LogP contribution in [0.15, 0.2) is 48.6 Å². The third kappa shape index (κ3) is 1.51. The molecule has 0 saturated carbocycles. The zero-order valence-corrected chi connectivity index (χ0v) is 7.48. The van der Waals surface area contributed by atoms with Crippen LogP contribution in [0.2, 0.25) is 0 Å². The topological polar surface area (TPSA) is 17.1 Å². The highest BCUT2D eigenvalue weighted by Gasteiger charge is 2.18. The van der Waals surface area contributed by atoms with Crippen molar-refractivity contribution in [1.82, 2.24) is 0 Å². The molecule has 1 aromatic carbocycles. The van der Waals surface area contributed by atoms with Gasteiger partial charge in [-0.1, -0.05) is 36.4 Å². The van der Waals surface area contributed by atoms with E-state index in [4.69, 9.17) is 0 Å². The molecular formula is C12H9FO. The third-order valence-corrected chi connectivity index (χ3v) is 2.19. The maximum atomic E-state index is 13.2. The fourth-order valence-electron chi connectivity index (χ4n) is 1.45. The summed E-state index contributed by atoms with van der Waals surface area (Å²) in [6.45, 7) is 0. The summed E-state index contributed by atoms with van der Waals surface area (Å²) in [5.41, 5.74) is 0.161. The molecule has 0 aromatic heterocycles. The second kappa shape index (κ2) is 3.58. The van der Waals surface area contributed by atoms with E-state index < -0.39 is 5.82 Å². The Hall–Kier alpha value is -1.70. The van der Waals surface area contributed by atoms with Crippen LogP contribution in [0.4, 0.5) is 4.39 Å². The van der Waals surface area contributed by atoms with E-state index in [1.165, 1.54) is 12.1 Å². The first-order chi connectivity index (χ1) is 6.79. The number of benzene rings is 1. The van der Waals surface area contributed by atoms with Crippen molar-refractivity contribution in [2.75, 3.05) is 0 Å². The minimum atomic E-state index is -0.453. The largest absolute Gasteiger partial charge is 0.293 e. The zero-order chi connectivity index (χ0) is 9.97. The number of ketones is 1. The van der Waals surface area contributed by atoms with Gasteiger partial charge >= 0.3 is 0 Å². The lowest BCUT2D eigenvalue weighted by Gasteiger charge is -2.04. The van der Waals surface area contributed by atoms with Gasteiger partial charge in [0.25, 0.3) is 0 Å². The van der Waals surface area contributed by atoms with Crippen LogP contribution in [-0.2, 0) is 0 Å². The SMILES string of the molecule is O=C(c1ccccc1F)C1C=CC=C1. The van der Waals surface area contributed by atoms with E-state index in [9.17, 15) is 9.18 Å². The van der Waals surface area contributed by atoms with Crippen LogP contribution in [-0.4, -0.2) is 5.78 Å². The number of hydrogen-bond donors (Lipinski definition) is 0. The molecule has 14 heavy (non-hydrogen) atoms. The second-order valence-electron chi connectivity index (χ2n) is 3.14. The standard InChI is InChI=1S/C12H9FO/c13-11-8-4-3-7-10(11)12(14)9-5-1-2-6-9/h1-9H. The molecule has 0 N–H and O–H groups in total. The van der Waals surface area contributed by atoms with E-state index in [0.29, 0.717) is 0 Å².